The first-order valence-corrected chi connectivity index (χ1v) is 9.46. The van der Waals surface area contributed by atoms with Gasteiger partial charge in [-0.2, -0.15) is 5.10 Å². The minimum absolute atomic E-state index is 0.0495. The predicted molar refractivity (Wildman–Crippen MR) is 122 cm³/mol. The lowest BCUT2D eigenvalue weighted by molar-refractivity contribution is 0.333. The molecule has 4 nitrogen and oxygen atoms in total. The fraction of sp³-hybridized carbons (Fsp3) is 0.160. The number of aliphatic hydroxyl groups is 1. The SMILES string of the molecule is C#C.C/C=C(CO)\C(C)=C(/C)c1ccc2[nH]nc(-c3cc4ccccc4[nH]3)c2c1. The maximum Gasteiger partial charge on any atom is 0.116 e. The number of para-hydroxylation sites is 1. The van der Waals surface area contributed by atoms with Crippen molar-refractivity contribution in [2.45, 2.75) is 20.8 Å². The molecule has 2 aromatic heterocycles. The zero-order valence-corrected chi connectivity index (χ0v) is 17.0. The Morgan fingerprint density at radius 2 is 1.83 bits per heavy atom. The van der Waals surface area contributed by atoms with Crippen molar-refractivity contribution in [3.63, 3.8) is 0 Å². The van der Waals surface area contributed by atoms with Crippen LogP contribution in [0.25, 0.3) is 38.8 Å². The average Bonchev–Trinajstić information content (AvgIpc) is 3.38. The van der Waals surface area contributed by atoms with Crippen molar-refractivity contribution >= 4 is 27.4 Å². The molecule has 0 unspecified atom stereocenters. The molecule has 2 heterocycles. The minimum Gasteiger partial charge on any atom is -0.392 e. The first-order chi connectivity index (χ1) is 14.1. The van der Waals surface area contributed by atoms with Gasteiger partial charge in [0.1, 0.15) is 5.69 Å². The largest absolute Gasteiger partial charge is 0.392 e. The fourth-order valence-electron chi connectivity index (χ4n) is 3.54. The zero-order valence-electron chi connectivity index (χ0n) is 17.0. The van der Waals surface area contributed by atoms with E-state index in [-0.39, 0.29) is 6.61 Å². The van der Waals surface area contributed by atoms with Gasteiger partial charge in [0.15, 0.2) is 0 Å². The number of nitrogens with one attached hydrogen (secondary N) is 2. The van der Waals surface area contributed by atoms with Gasteiger partial charge in [-0.25, -0.2) is 0 Å². The lowest BCUT2D eigenvalue weighted by Gasteiger charge is -2.10. The third-order valence-corrected chi connectivity index (χ3v) is 5.34. The van der Waals surface area contributed by atoms with Gasteiger partial charge in [-0.05, 0) is 67.3 Å². The first-order valence-electron chi connectivity index (χ1n) is 9.46. The van der Waals surface area contributed by atoms with Crippen molar-refractivity contribution < 1.29 is 5.11 Å². The molecule has 4 aromatic rings. The number of hydrogen-bond donors (Lipinski definition) is 3. The number of allylic oxidation sites excluding steroid dienone is 2. The molecule has 146 valence electrons. The van der Waals surface area contributed by atoms with Crippen molar-refractivity contribution in [3.8, 4) is 24.2 Å². The minimum atomic E-state index is 0.0495. The summed E-state index contributed by atoms with van der Waals surface area (Å²) in [5.74, 6) is 0. The van der Waals surface area contributed by atoms with Gasteiger partial charge in [-0.3, -0.25) is 5.10 Å². The molecule has 0 fully saturated rings. The summed E-state index contributed by atoms with van der Waals surface area (Å²) in [4.78, 5) is 3.46. The maximum atomic E-state index is 9.57. The van der Waals surface area contributed by atoms with Gasteiger partial charge in [-0.15, -0.1) is 12.8 Å². The second-order valence-corrected chi connectivity index (χ2v) is 6.82. The van der Waals surface area contributed by atoms with Gasteiger partial charge >= 0.3 is 0 Å². The van der Waals surface area contributed by atoms with Crippen LogP contribution < -0.4 is 0 Å². The lowest BCUT2D eigenvalue weighted by Crippen LogP contribution is -1.95. The molecule has 0 aliphatic rings. The molecular formula is C25H25N3O. The van der Waals surface area contributed by atoms with E-state index in [1.807, 2.05) is 25.1 Å². The standard InChI is InChI=1S/C23H23N3O.C2H2/c1-4-16(13-27)14(2)15(3)17-9-10-21-19(11-17)23(26-25-21)22-12-18-7-5-6-8-20(18)24-22;1-2/h4-12,24,27H,13H2,1-3H3,(H,25,26);1-2H/b15-14+,16-4-;. The molecule has 0 aliphatic heterocycles. The summed E-state index contributed by atoms with van der Waals surface area (Å²) in [5, 5.41) is 19.5. The Labute approximate surface area is 171 Å². The highest BCUT2D eigenvalue weighted by molar-refractivity contribution is 5.97. The van der Waals surface area contributed by atoms with E-state index in [0.29, 0.717) is 0 Å². The van der Waals surface area contributed by atoms with Crippen molar-refractivity contribution in [2.75, 3.05) is 6.61 Å². The molecule has 0 aliphatic carbocycles. The van der Waals surface area contributed by atoms with Gasteiger partial charge in [0.05, 0.1) is 17.8 Å². The van der Waals surface area contributed by atoms with E-state index in [1.165, 1.54) is 5.39 Å². The molecule has 29 heavy (non-hydrogen) atoms. The molecule has 0 amide bonds. The molecular weight excluding hydrogens is 358 g/mol. The summed E-state index contributed by atoms with van der Waals surface area (Å²) in [6.07, 6.45) is 9.96. The molecule has 4 rings (SSSR count). The van der Waals surface area contributed by atoms with E-state index < -0.39 is 0 Å². The van der Waals surface area contributed by atoms with E-state index in [2.05, 4.69) is 78.3 Å². The van der Waals surface area contributed by atoms with Crippen LogP contribution in [0.15, 0.2) is 65.8 Å². The van der Waals surface area contributed by atoms with Crippen LogP contribution in [0.2, 0.25) is 0 Å². The van der Waals surface area contributed by atoms with E-state index in [1.54, 1.807) is 0 Å². The topological polar surface area (TPSA) is 64.7 Å². The Morgan fingerprint density at radius 3 is 2.52 bits per heavy atom. The molecule has 0 atom stereocenters. The summed E-state index contributed by atoms with van der Waals surface area (Å²) >= 11 is 0. The first kappa shape index (κ1) is 20.2. The quantitative estimate of drug-likeness (QED) is 0.313. The second kappa shape index (κ2) is 8.64. The Morgan fingerprint density at radius 1 is 1.07 bits per heavy atom. The van der Waals surface area contributed by atoms with E-state index in [9.17, 15) is 5.11 Å². The molecule has 0 spiro atoms. The monoisotopic (exact) mass is 383 g/mol. The smallest absolute Gasteiger partial charge is 0.116 e. The maximum absolute atomic E-state index is 9.57. The number of H-pyrrole nitrogens is 2. The predicted octanol–water partition coefficient (Wildman–Crippen LogP) is 5.69. The number of nitrogens with zero attached hydrogens (tertiary/aromatic N) is 1. The van der Waals surface area contributed by atoms with Crippen molar-refractivity contribution in [2.24, 2.45) is 0 Å². The lowest BCUT2D eigenvalue weighted by atomic mass is 9.96. The number of aromatic amines is 2. The number of rotatable bonds is 4. The van der Waals surface area contributed by atoms with Gasteiger partial charge in [0.25, 0.3) is 0 Å². The van der Waals surface area contributed by atoms with Gasteiger partial charge < -0.3 is 10.1 Å². The summed E-state index contributed by atoms with van der Waals surface area (Å²) in [7, 11) is 0. The third kappa shape index (κ3) is 3.73. The molecule has 0 saturated carbocycles. The van der Waals surface area contributed by atoms with E-state index >= 15 is 0 Å². The Hall–Kier alpha value is -3.55. The number of terminal acetylenes is 1. The number of aliphatic hydroxyl groups excluding tert-OH is 1. The van der Waals surface area contributed by atoms with Crippen LogP contribution in [0.4, 0.5) is 0 Å². The number of aromatic nitrogens is 3. The van der Waals surface area contributed by atoms with Gasteiger partial charge in [0, 0.05) is 16.3 Å². The third-order valence-electron chi connectivity index (χ3n) is 5.34. The Balaban J connectivity index is 0.00000117. The number of hydrogen-bond acceptors (Lipinski definition) is 2. The van der Waals surface area contributed by atoms with Crippen LogP contribution in [0.5, 0.6) is 0 Å². The molecule has 2 aromatic carbocycles. The highest BCUT2D eigenvalue weighted by Gasteiger charge is 2.13. The molecule has 3 N–H and O–H groups in total. The normalized spacial score (nSPS) is 12.6. The van der Waals surface area contributed by atoms with Crippen LogP contribution >= 0.6 is 0 Å². The van der Waals surface area contributed by atoms with Gasteiger partial charge in [-0.1, -0.05) is 30.3 Å². The summed E-state index contributed by atoms with van der Waals surface area (Å²) < 4.78 is 0. The summed E-state index contributed by atoms with van der Waals surface area (Å²) in [6, 6.07) is 16.7. The van der Waals surface area contributed by atoms with Gasteiger partial charge in [0.2, 0.25) is 0 Å². The Kier molecular flexibility index (Phi) is 6.01. The highest BCUT2D eigenvalue weighted by Crippen LogP contribution is 2.31. The van der Waals surface area contributed by atoms with E-state index in [4.69, 9.17) is 0 Å². The average molecular weight is 383 g/mol. The molecule has 0 bridgehead atoms. The number of benzene rings is 2. The van der Waals surface area contributed by atoms with Crippen LogP contribution in [0.1, 0.15) is 26.3 Å². The van der Waals surface area contributed by atoms with Crippen LogP contribution in [-0.4, -0.2) is 26.9 Å². The second-order valence-electron chi connectivity index (χ2n) is 6.82. The van der Waals surface area contributed by atoms with Crippen LogP contribution in [0.3, 0.4) is 0 Å². The van der Waals surface area contributed by atoms with Crippen molar-refractivity contribution in [1.29, 1.82) is 0 Å². The molecule has 4 heteroatoms. The van der Waals surface area contributed by atoms with Crippen molar-refractivity contribution in [3.05, 3.63) is 71.3 Å². The molecule has 0 radical (unpaired) electrons. The molecule has 0 saturated heterocycles. The van der Waals surface area contributed by atoms with E-state index in [0.717, 1.165) is 50.1 Å². The van der Waals surface area contributed by atoms with Crippen molar-refractivity contribution in [1.82, 2.24) is 15.2 Å². The zero-order chi connectivity index (χ0) is 21.0. The fourth-order valence-corrected chi connectivity index (χ4v) is 3.54. The summed E-state index contributed by atoms with van der Waals surface area (Å²) in [5.41, 5.74) is 8.38. The summed E-state index contributed by atoms with van der Waals surface area (Å²) in [6.45, 7) is 6.15. The van der Waals surface area contributed by atoms with Crippen LogP contribution in [0, 0.1) is 12.8 Å². The number of fused-ring (bicyclic) bond motifs is 2. The highest BCUT2D eigenvalue weighted by atomic mass is 16.3. The van der Waals surface area contributed by atoms with Crippen LogP contribution in [-0.2, 0) is 0 Å². The Bertz CT molecular complexity index is 1200.